The SMILES string of the molecule is O=CC=Cc1ccc(-c2cc(-c3ccccc3)c3nc(-c4ccccc4)cn3c2)cc1. The lowest BCUT2D eigenvalue weighted by Crippen LogP contribution is -1.91. The highest BCUT2D eigenvalue weighted by molar-refractivity contribution is 5.84. The lowest BCUT2D eigenvalue weighted by Gasteiger charge is -2.09. The molecule has 5 rings (SSSR count). The highest BCUT2D eigenvalue weighted by Crippen LogP contribution is 2.32. The second kappa shape index (κ2) is 8.25. The van der Waals surface area contributed by atoms with Gasteiger partial charge in [0.25, 0.3) is 0 Å². The topological polar surface area (TPSA) is 34.4 Å². The Hall–Kier alpha value is -4.24. The van der Waals surface area contributed by atoms with Gasteiger partial charge in [-0.1, -0.05) is 91.0 Å². The molecule has 3 heteroatoms. The number of nitrogens with zero attached hydrogens (tertiary/aromatic N) is 2. The average molecular weight is 400 g/mol. The molecule has 0 saturated carbocycles. The van der Waals surface area contributed by atoms with E-state index in [1.807, 2.05) is 48.5 Å². The third kappa shape index (κ3) is 3.81. The fourth-order valence-corrected chi connectivity index (χ4v) is 3.77. The Kier molecular flexibility index (Phi) is 4.99. The number of hydrogen-bond acceptors (Lipinski definition) is 2. The molecular formula is C28H20N2O. The summed E-state index contributed by atoms with van der Waals surface area (Å²) in [5, 5.41) is 0. The molecule has 0 spiro atoms. The standard InChI is InChI=1S/C28H20N2O/c31-17-7-8-21-13-15-22(16-14-21)25-18-26(23-9-3-1-4-10-23)28-29-27(20-30(28)19-25)24-11-5-2-6-12-24/h1-20H. The van der Waals surface area contributed by atoms with Crippen molar-refractivity contribution in [3.05, 3.63) is 115 Å². The molecule has 0 N–H and O–H groups in total. The molecule has 0 aliphatic carbocycles. The predicted octanol–water partition coefficient (Wildman–Crippen LogP) is 6.55. The third-order valence-corrected chi connectivity index (χ3v) is 5.32. The van der Waals surface area contributed by atoms with Crippen LogP contribution in [0.5, 0.6) is 0 Å². The van der Waals surface area contributed by atoms with Crippen molar-refractivity contribution in [2.75, 3.05) is 0 Å². The van der Waals surface area contributed by atoms with Crippen molar-refractivity contribution in [2.24, 2.45) is 0 Å². The summed E-state index contributed by atoms with van der Waals surface area (Å²) in [5.74, 6) is 0. The molecule has 2 aromatic heterocycles. The highest BCUT2D eigenvalue weighted by atomic mass is 16.1. The van der Waals surface area contributed by atoms with Gasteiger partial charge in [0, 0.05) is 23.5 Å². The Morgan fingerprint density at radius 1 is 0.677 bits per heavy atom. The van der Waals surface area contributed by atoms with Crippen LogP contribution in [0.3, 0.4) is 0 Å². The molecular weight excluding hydrogens is 380 g/mol. The van der Waals surface area contributed by atoms with Gasteiger partial charge < -0.3 is 4.40 Å². The van der Waals surface area contributed by atoms with Crippen molar-refractivity contribution < 1.29 is 4.79 Å². The molecule has 0 saturated heterocycles. The van der Waals surface area contributed by atoms with Gasteiger partial charge in [0.2, 0.25) is 0 Å². The number of aromatic nitrogens is 2. The van der Waals surface area contributed by atoms with Crippen molar-refractivity contribution >= 4 is 18.0 Å². The van der Waals surface area contributed by atoms with E-state index in [1.165, 1.54) is 6.08 Å². The number of hydrogen-bond donors (Lipinski definition) is 0. The zero-order valence-corrected chi connectivity index (χ0v) is 16.8. The van der Waals surface area contributed by atoms with Gasteiger partial charge in [-0.05, 0) is 34.4 Å². The van der Waals surface area contributed by atoms with E-state index >= 15 is 0 Å². The van der Waals surface area contributed by atoms with Crippen LogP contribution in [0.2, 0.25) is 0 Å². The summed E-state index contributed by atoms with van der Waals surface area (Å²) in [7, 11) is 0. The smallest absolute Gasteiger partial charge is 0.145 e. The normalized spacial score (nSPS) is 11.2. The largest absolute Gasteiger partial charge is 0.305 e. The maximum atomic E-state index is 10.6. The number of imidazole rings is 1. The molecule has 31 heavy (non-hydrogen) atoms. The van der Waals surface area contributed by atoms with Crippen LogP contribution in [0.25, 0.3) is 45.2 Å². The van der Waals surface area contributed by atoms with Crippen molar-refractivity contribution in [1.82, 2.24) is 9.38 Å². The Balaban J connectivity index is 1.67. The molecule has 0 bridgehead atoms. The van der Waals surface area contributed by atoms with Gasteiger partial charge in [0.15, 0.2) is 0 Å². The number of aldehydes is 1. The number of allylic oxidation sites excluding steroid dienone is 1. The fraction of sp³-hybridized carbons (Fsp3) is 0. The summed E-state index contributed by atoms with van der Waals surface area (Å²) < 4.78 is 2.11. The van der Waals surface area contributed by atoms with E-state index in [0.29, 0.717) is 0 Å². The van der Waals surface area contributed by atoms with E-state index < -0.39 is 0 Å². The summed E-state index contributed by atoms with van der Waals surface area (Å²) in [5.41, 5.74) is 8.40. The number of pyridine rings is 1. The minimum Gasteiger partial charge on any atom is -0.305 e. The Morgan fingerprint density at radius 3 is 2.03 bits per heavy atom. The van der Waals surface area contributed by atoms with Crippen LogP contribution in [0.4, 0.5) is 0 Å². The van der Waals surface area contributed by atoms with E-state index in [9.17, 15) is 4.79 Å². The second-order valence-corrected chi connectivity index (χ2v) is 7.35. The van der Waals surface area contributed by atoms with Crippen molar-refractivity contribution in [1.29, 1.82) is 0 Å². The van der Waals surface area contributed by atoms with Gasteiger partial charge in [-0.3, -0.25) is 4.79 Å². The number of carbonyl (C=O) groups excluding carboxylic acids is 1. The Bertz CT molecular complexity index is 1370. The number of benzene rings is 3. The predicted molar refractivity (Wildman–Crippen MR) is 127 cm³/mol. The van der Waals surface area contributed by atoms with E-state index in [2.05, 4.69) is 59.3 Å². The minimum atomic E-state index is 0.789. The molecule has 3 nitrogen and oxygen atoms in total. The van der Waals surface area contributed by atoms with Crippen LogP contribution in [0, 0.1) is 0 Å². The lowest BCUT2D eigenvalue weighted by molar-refractivity contribution is -0.104. The molecule has 0 amide bonds. The van der Waals surface area contributed by atoms with Gasteiger partial charge >= 0.3 is 0 Å². The summed E-state index contributed by atoms with van der Waals surface area (Å²) >= 11 is 0. The summed E-state index contributed by atoms with van der Waals surface area (Å²) in [6.07, 6.45) is 8.30. The van der Waals surface area contributed by atoms with E-state index in [4.69, 9.17) is 4.98 Å². The lowest BCUT2D eigenvalue weighted by atomic mass is 10.0. The first-order chi connectivity index (χ1) is 15.3. The van der Waals surface area contributed by atoms with Crippen LogP contribution in [0.15, 0.2) is 109 Å². The van der Waals surface area contributed by atoms with E-state index in [-0.39, 0.29) is 0 Å². The molecule has 0 aliphatic heterocycles. The zero-order chi connectivity index (χ0) is 21.0. The molecule has 0 radical (unpaired) electrons. The van der Waals surface area contributed by atoms with Gasteiger partial charge in [-0.2, -0.15) is 0 Å². The Morgan fingerprint density at radius 2 is 1.35 bits per heavy atom. The number of fused-ring (bicyclic) bond motifs is 1. The average Bonchev–Trinajstić information content (AvgIpc) is 3.28. The van der Waals surface area contributed by atoms with Crippen LogP contribution >= 0.6 is 0 Å². The molecule has 0 atom stereocenters. The van der Waals surface area contributed by atoms with Gasteiger partial charge in [0.05, 0.1) is 5.69 Å². The van der Waals surface area contributed by atoms with Crippen LogP contribution < -0.4 is 0 Å². The van der Waals surface area contributed by atoms with Gasteiger partial charge in [0.1, 0.15) is 11.9 Å². The quantitative estimate of drug-likeness (QED) is 0.248. The summed E-state index contributed by atoms with van der Waals surface area (Å²) in [6, 6.07) is 31.0. The van der Waals surface area contributed by atoms with Gasteiger partial charge in [-0.15, -0.1) is 0 Å². The molecule has 0 unspecified atom stereocenters. The first-order valence-corrected chi connectivity index (χ1v) is 10.2. The molecule has 0 aliphatic rings. The summed E-state index contributed by atoms with van der Waals surface area (Å²) in [4.78, 5) is 15.5. The van der Waals surface area contributed by atoms with E-state index in [1.54, 1.807) is 6.08 Å². The first-order valence-electron chi connectivity index (χ1n) is 10.2. The fourth-order valence-electron chi connectivity index (χ4n) is 3.77. The minimum absolute atomic E-state index is 0.789. The second-order valence-electron chi connectivity index (χ2n) is 7.35. The van der Waals surface area contributed by atoms with Crippen LogP contribution in [0.1, 0.15) is 5.56 Å². The third-order valence-electron chi connectivity index (χ3n) is 5.32. The van der Waals surface area contributed by atoms with Crippen molar-refractivity contribution in [3.63, 3.8) is 0 Å². The highest BCUT2D eigenvalue weighted by Gasteiger charge is 2.12. The maximum absolute atomic E-state index is 10.6. The molecule has 3 aromatic carbocycles. The molecule has 5 aromatic rings. The van der Waals surface area contributed by atoms with E-state index in [0.717, 1.165) is 51.0 Å². The van der Waals surface area contributed by atoms with Crippen molar-refractivity contribution in [2.45, 2.75) is 0 Å². The Labute approximate surface area is 181 Å². The molecule has 148 valence electrons. The maximum Gasteiger partial charge on any atom is 0.145 e. The number of carbonyl (C=O) groups is 1. The molecule has 2 heterocycles. The van der Waals surface area contributed by atoms with Gasteiger partial charge in [-0.25, -0.2) is 4.98 Å². The van der Waals surface area contributed by atoms with Crippen LogP contribution in [-0.2, 0) is 4.79 Å². The monoisotopic (exact) mass is 400 g/mol. The summed E-state index contributed by atoms with van der Waals surface area (Å²) in [6.45, 7) is 0. The first kappa shape index (κ1) is 18.8. The number of rotatable bonds is 5. The van der Waals surface area contributed by atoms with Crippen LogP contribution in [-0.4, -0.2) is 15.7 Å². The van der Waals surface area contributed by atoms with Crippen molar-refractivity contribution in [3.8, 4) is 33.5 Å². The zero-order valence-electron chi connectivity index (χ0n) is 16.8. The molecule has 0 fully saturated rings.